The van der Waals surface area contributed by atoms with Gasteiger partial charge in [0.2, 0.25) is 8.32 Å². The number of carbonyl (C=O) groups is 1. The molecule has 0 aromatic carbocycles. The monoisotopic (exact) mass is 310 g/mol. The third-order valence-electron chi connectivity index (χ3n) is 2.58. The molecule has 0 heterocycles. The lowest BCUT2D eigenvalue weighted by Gasteiger charge is -2.21. The number of unbranched alkanes of at least 4 members (excludes halogenated alkanes) is 3. The molecule has 0 aliphatic carbocycles. The van der Waals surface area contributed by atoms with E-state index in [1.165, 1.54) is 6.08 Å². The summed E-state index contributed by atoms with van der Waals surface area (Å²) in [6, 6.07) is 0. The van der Waals surface area contributed by atoms with Gasteiger partial charge in [0.1, 0.15) is 0 Å². The van der Waals surface area contributed by atoms with Crippen molar-refractivity contribution in [2.45, 2.75) is 58.7 Å². The molecule has 0 bridgehead atoms. The van der Waals surface area contributed by atoms with Crippen LogP contribution in [0.2, 0.25) is 19.6 Å². The highest BCUT2D eigenvalue weighted by Crippen LogP contribution is 2.17. The van der Waals surface area contributed by atoms with E-state index in [4.69, 9.17) is 9.16 Å². The van der Waals surface area contributed by atoms with Crippen LogP contribution in [-0.4, -0.2) is 20.9 Å². The summed E-state index contributed by atoms with van der Waals surface area (Å²) in [5.74, 6) is 0.795. The van der Waals surface area contributed by atoms with Crippen molar-refractivity contribution in [3.63, 3.8) is 0 Å². The molecule has 3 nitrogen and oxygen atoms in total. The average molecular weight is 311 g/mol. The molecule has 4 heteroatoms. The molecule has 0 amide bonds. The summed E-state index contributed by atoms with van der Waals surface area (Å²) >= 11 is 0. The molecule has 0 aromatic rings. The zero-order chi connectivity index (χ0) is 16.1. The maximum absolute atomic E-state index is 11.1. The van der Waals surface area contributed by atoms with Crippen molar-refractivity contribution in [3.05, 3.63) is 36.6 Å². The lowest BCUT2D eigenvalue weighted by molar-refractivity contribution is -0.137. The summed E-state index contributed by atoms with van der Waals surface area (Å²) in [5.41, 5.74) is 0. The summed E-state index contributed by atoms with van der Waals surface area (Å²) < 4.78 is 10.8. The molecule has 0 spiro atoms. The molecule has 0 rings (SSSR count). The highest BCUT2D eigenvalue weighted by Gasteiger charge is 2.16. The predicted octanol–water partition coefficient (Wildman–Crippen LogP) is 4.98. The second-order valence-electron chi connectivity index (χ2n) is 5.84. The van der Waals surface area contributed by atoms with Gasteiger partial charge >= 0.3 is 5.97 Å². The summed E-state index contributed by atoms with van der Waals surface area (Å²) in [6.45, 7) is 12.5. The first kappa shape index (κ1) is 19.7. The van der Waals surface area contributed by atoms with Gasteiger partial charge in [-0.3, -0.25) is 0 Å². The van der Waals surface area contributed by atoms with E-state index >= 15 is 0 Å². The van der Waals surface area contributed by atoms with Crippen molar-refractivity contribution in [2.24, 2.45) is 0 Å². The van der Waals surface area contributed by atoms with Crippen LogP contribution in [0.25, 0.3) is 0 Å². The van der Waals surface area contributed by atoms with Crippen LogP contribution in [-0.2, 0) is 14.0 Å². The zero-order valence-electron chi connectivity index (χ0n) is 14.0. The predicted molar refractivity (Wildman–Crippen MR) is 91.6 cm³/mol. The van der Waals surface area contributed by atoms with E-state index in [0.29, 0.717) is 6.61 Å². The Morgan fingerprint density at radius 2 is 1.90 bits per heavy atom. The quantitative estimate of drug-likeness (QED) is 0.135. The summed E-state index contributed by atoms with van der Waals surface area (Å²) in [7, 11) is -1.54. The standard InChI is InChI=1S/C17H30O3Si/c1-6-13-16(20-21(3,4)5)14-11-9-8-10-12-15-17(18)19-7-2/h6,12-13,15H,1,7-11,14H2,2-5H3/b15-12+,16-13-. The average Bonchev–Trinajstić information content (AvgIpc) is 2.36. The van der Waals surface area contributed by atoms with E-state index in [0.717, 1.165) is 37.9 Å². The van der Waals surface area contributed by atoms with Crippen LogP contribution in [0, 0.1) is 0 Å². The lowest BCUT2D eigenvalue weighted by atomic mass is 10.1. The van der Waals surface area contributed by atoms with Gasteiger partial charge in [-0.05, 0) is 51.9 Å². The van der Waals surface area contributed by atoms with Gasteiger partial charge in [-0.15, -0.1) is 0 Å². The molecule has 0 aliphatic rings. The highest BCUT2D eigenvalue weighted by molar-refractivity contribution is 6.70. The van der Waals surface area contributed by atoms with E-state index in [1.54, 1.807) is 6.08 Å². The van der Waals surface area contributed by atoms with Gasteiger partial charge in [-0.25, -0.2) is 4.79 Å². The Hall–Kier alpha value is -1.29. The van der Waals surface area contributed by atoms with Crippen LogP contribution in [0.4, 0.5) is 0 Å². The fourth-order valence-electron chi connectivity index (χ4n) is 1.80. The molecule has 21 heavy (non-hydrogen) atoms. The highest BCUT2D eigenvalue weighted by atomic mass is 28.4. The van der Waals surface area contributed by atoms with Gasteiger partial charge in [-0.1, -0.05) is 25.2 Å². The van der Waals surface area contributed by atoms with Crippen molar-refractivity contribution in [2.75, 3.05) is 6.61 Å². The fraction of sp³-hybridized carbons (Fsp3) is 0.588. The Morgan fingerprint density at radius 1 is 1.19 bits per heavy atom. The Morgan fingerprint density at radius 3 is 2.48 bits per heavy atom. The van der Waals surface area contributed by atoms with E-state index in [9.17, 15) is 4.79 Å². The number of carbonyl (C=O) groups excluding carboxylic acids is 1. The maximum atomic E-state index is 11.1. The largest absolute Gasteiger partial charge is 0.547 e. The molecule has 0 aromatic heterocycles. The number of rotatable bonds is 11. The number of hydrogen-bond acceptors (Lipinski definition) is 3. The van der Waals surface area contributed by atoms with E-state index in [-0.39, 0.29) is 5.97 Å². The van der Waals surface area contributed by atoms with Gasteiger partial charge in [-0.2, -0.15) is 0 Å². The van der Waals surface area contributed by atoms with Crippen LogP contribution in [0.1, 0.15) is 39.0 Å². The fourth-order valence-corrected chi connectivity index (χ4v) is 2.76. The third-order valence-corrected chi connectivity index (χ3v) is 3.45. The Labute approximate surface area is 130 Å². The first-order valence-electron chi connectivity index (χ1n) is 7.73. The van der Waals surface area contributed by atoms with Crippen LogP contribution in [0.5, 0.6) is 0 Å². The van der Waals surface area contributed by atoms with Crippen molar-refractivity contribution in [1.29, 1.82) is 0 Å². The van der Waals surface area contributed by atoms with Crippen molar-refractivity contribution >= 4 is 14.3 Å². The normalized spacial score (nSPS) is 12.5. The molecule has 0 fully saturated rings. The van der Waals surface area contributed by atoms with Gasteiger partial charge in [0.15, 0.2) is 0 Å². The van der Waals surface area contributed by atoms with Crippen LogP contribution < -0.4 is 0 Å². The molecule has 0 aliphatic heterocycles. The second-order valence-corrected chi connectivity index (χ2v) is 10.3. The first-order chi connectivity index (χ1) is 9.89. The zero-order valence-corrected chi connectivity index (χ0v) is 15.0. The first-order valence-corrected chi connectivity index (χ1v) is 11.1. The second kappa shape index (κ2) is 11.4. The number of ether oxygens (including phenoxy) is 1. The summed E-state index contributed by atoms with van der Waals surface area (Å²) in [4.78, 5) is 11.1. The number of allylic oxidation sites excluding steroid dienone is 4. The Balaban J connectivity index is 3.84. The Kier molecular flexibility index (Phi) is 10.7. The minimum atomic E-state index is -1.54. The van der Waals surface area contributed by atoms with Gasteiger partial charge < -0.3 is 9.16 Å². The summed E-state index contributed by atoms with van der Waals surface area (Å²) in [6.07, 6.45) is 12.3. The Bertz CT molecular complexity index is 365. The van der Waals surface area contributed by atoms with Crippen LogP contribution in [0.15, 0.2) is 36.6 Å². The van der Waals surface area contributed by atoms with Crippen molar-refractivity contribution in [3.8, 4) is 0 Å². The minimum absolute atomic E-state index is 0.253. The maximum Gasteiger partial charge on any atom is 0.330 e. The van der Waals surface area contributed by atoms with E-state index in [1.807, 2.05) is 19.1 Å². The van der Waals surface area contributed by atoms with Gasteiger partial charge in [0, 0.05) is 12.5 Å². The topological polar surface area (TPSA) is 35.5 Å². The molecule has 0 N–H and O–H groups in total. The van der Waals surface area contributed by atoms with Gasteiger partial charge in [0.05, 0.1) is 12.4 Å². The van der Waals surface area contributed by atoms with Crippen molar-refractivity contribution in [1.82, 2.24) is 0 Å². The molecule has 0 saturated carbocycles. The van der Waals surface area contributed by atoms with Crippen molar-refractivity contribution < 1.29 is 14.0 Å². The molecule has 120 valence electrons. The molecular formula is C17H30O3Si. The van der Waals surface area contributed by atoms with Crippen LogP contribution >= 0.6 is 0 Å². The molecule has 0 atom stereocenters. The smallest absolute Gasteiger partial charge is 0.330 e. The molecular weight excluding hydrogens is 280 g/mol. The number of hydrogen-bond donors (Lipinski definition) is 0. The SMILES string of the molecule is C=C/C=C(/CCCCC/C=C/C(=O)OCC)O[Si](C)(C)C. The van der Waals surface area contributed by atoms with Gasteiger partial charge in [0.25, 0.3) is 0 Å². The third kappa shape index (κ3) is 13.4. The van der Waals surface area contributed by atoms with Crippen LogP contribution in [0.3, 0.4) is 0 Å². The molecule has 0 unspecified atom stereocenters. The molecule has 0 saturated heterocycles. The minimum Gasteiger partial charge on any atom is -0.547 e. The lowest BCUT2D eigenvalue weighted by Crippen LogP contribution is -2.24. The summed E-state index contributed by atoms with van der Waals surface area (Å²) in [5, 5.41) is 0. The molecule has 0 radical (unpaired) electrons. The van der Waals surface area contributed by atoms with E-state index in [2.05, 4.69) is 26.2 Å². The van der Waals surface area contributed by atoms with E-state index < -0.39 is 8.32 Å². The number of esters is 1.